The molecule has 0 bridgehead atoms. The highest BCUT2D eigenvalue weighted by molar-refractivity contribution is 7.99. The molecular formula is C18H24N4O3S2. The molecule has 0 aromatic carbocycles. The van der Waals surface area contributed by atoms with Crippen LogP contribution in [0.15, 0.2) is 9.95 Å². The maximum atomic E-state index is 13.0. The van der Waals surface area contributed by atoms with Gasteiger partial charge < -0.3 is 5.32 Å². The molecule has 9 heteroatoms. The number of fused-ring (bicyclic) bond motifs is 3. The first-order valence-corrected chi connectivity index (χ1v) is 11.0. The SMILES string of the molecule is CCn1c(SCC(=O)NC(=O)NC(C)C)nc2sc3c(c2c1=O)CCCC3. The van der Waals surface area contributed by atoms with Crippen molar-refractivity contribution in [3.63, 3.8) is 0 Å². The largest absolute Gasteiger partial charge is 0.336 e. The number of rotatable bonds is 5. The summed E-state index contributed by atoms with van der Waals surface area (Å²) >= 11 is 2.78. The number of carbonyl (C=O) groups is 2. The zero-order chi connectivity index (χ0) is 19.6. The lowest BCUT2D eigenvalue weighted by Gasteiger charge is -2.12. The topological polar surface area (TPSA) is 93.1 Å². The zero-order valence-corrected chi connectivity index (χ0v) is 17.4. The third-order valence-electron chi connectivity index (χ3n) is 4.36. The molecule has 0 spiro atoms. The fourth-order valence-electron chi connectivity index (χ4n) is 3.20. The second-order valence-electron chi connectivity index (χ2n) is 6.80. The van der Waals surface area contributed by atoms with Crippen molar-refractivity contribution in [2.45, 2.75) is 64.2 Å². The summed E-state index contributed by atoms with van der Waals surface area (Å²) in [5.41, 5.74) is 1.14. The summed E-state index contributed by atoms with van der Waals surface area (Å²) in [5.74, 6) is -0.394. The standard InChI is InChI=1S/C18H24N4O3S2/c1-4-22-16(24)14-11-7-5-6-8-12(11)27-15(14)21-18(22)26-9-13(23)20-17(25)19-10(2)3/h10H,4-9H2,1-3H3,(H2,19,20,23,25). The molecule has 0 fully saturated rings. The molecule has 2 heterocycles. The van der Waals surface area contributed by atoms with Crippen molar-refractivity contribution in [3.8, 4) is 0 Å². The summed E-state index contributed by atoms with van der Waals surface area (Å²) in [4.78, 5) is 43.3. The average Bonchev–Trinajstić information content (AvgIpc) is 2.97. The molecule has 7 nitrogen and oxygen atoms in total. The van der Waals surface area contributed by atoms with Gasteiger partial charge in [0.1, 0.15) is 4.83 Å². The summed E-state index contributed by atoms with van der Waals surface area (Å²) in [5, 5.41) is 6.17. The summed E-state index contributed by atoms with van der Waals surface area (Å²) in [6.45, 7) is 6.02. The van der Waals surface area contributed by atoms with Gasteiger partial charge >= 0.3 is 6.03 Å². The summed E-state index contributed by atoms with van der Waals surface area (Å²) in [6, 6.07) is -0.567. The minimum absolute atomic E-state index is 0.0224. The van der Waals surface area contributed by atoms with Crippen LogP contribution in [0.2, 0.25) is 0 Å². The molecule has 0 saturated heterocycles. The van der Waals surface area contributed by atoms with Gasteiger partial charge in [-0.15, -0.1) is 11.3 Å². The van der Waals surface area contributed by atoms with Crippen LogP contribution in [0.3, 0.4) is 0 Å². The van der Waals surface area contributed by atoms with Crippen LogP contribution < -0.4 is 16.2 Å². The van der Waals surface area contributed by atoms with Crippen molar-refractivity contribution in [2.24, 2.45) is 0 Å². The molecule has 0 aliphatic heterocycles. The molecule has 0 saturated carbocycles. The van der Waals surface area contributed by atoms with E-state index in [1.165, 1.54) is 22.2 Å². The molecule has 2 aromatic rings. The molecule has 3 amide bonds. The molecule has 2 aromatic heterocycles. The van der Waals surface area contributed by atoms with Gasteiger partial charge in [0, 0.05) is 17.5 Å². The second-order valence-corrected chi connectivity index (χ2v) is 8.83. The van der Waals surface area contributed by atoms with Gasteiger partial charge in [-0.05, 0) is 52.0 Å². The molecule has 27 heavy (non-hydrogen) atoms. The third-order valence-corrected chi connectivity index (χ3v) is 6.52. The predicted octanol–water partition coefficient (Wildman–Crippen LogP) is 2.68. The lowest BCUT2D eigenvalue weighted by atomic mass is 9.97. The number of thiophene rings is 1. The lowest BCUT2D eigenvalue weighted by Crippen LogP contribution is -2.43. The molecule has 146 valence electrons. The number of amides is 3. The Balaban J connectivity index is 1.81. The van der Waals surface area contributed by atoms with E-state index in [4.69, 9.17) is 0 Å². The number of aromatic nitrogens is 2. The molecule has 0 atom stereocenters. The molecule has 1 aliphatic rings. The maximum absolute atomic E-state index is 13.0. The molecular weight excluding hydrogens is 384 g/mol. The number of urea groups is 1. The van der Waals surface area contributed by atoms with Gasteiger partial charge in [-0.1, -0.05) is 11.8 Å². The van der Waals surface area contributed by atoms with Crippen LogP contribution >= 0.6 is 23.1 Å². The fourth-order valence-corrected chi connectivity index (χ4v) is 5.37. The Labute approximate surface area is 165 Å². The minimum atomic E-state index is -0.516. The van der Waals surface area contributed by atoms with Crippen LogP contribution in [-0.4, -0.2) is 33.3 Å². The monoisotopic (exact) mass is 408 g/mol. The number of aryl methyl sites for hydroxylation is 2. The van der Waals surface area contributed by atoms with Gasteiger partial charge in [-0.3, -0.25) is 19.5 Å². The van der Waals surface area contributed by atoms with Crippen molar-refractivity contribution >= 4 is 45.3 Å². The van der Waals surface area contributed by atoms with Crippen molar-refractivity contribution in [3.05, 3.63) is 20.8 Å². The lowest BCUT2D eigenvalue weighted by molar-refractivity contribution is -0.117. The highest BCUT2D eigenvalue weighted by atomic mass is 32.2. The van der Waals surface area contributed by atoms with Gasteiger partial charge in [0.05, 0.1) is 11.1 Å². The van der Waals surface area contributed by atoms with Crippen LogP contribution in [0, 0.1) is 0 Å². The van der Waals surface area contributed by atoms with Crippen molar-refractivity contribution in [1.29, 1.82) is 0 Å². The van der Waals surface area contributed by atoms with E-state index in [-0.39, 0.29) is 17.4 Å². The first-order valence-electron chi connectivity index (χ1n) is 9.19. The molecule has 3 rings (SSSR count). The fraction of sp³-hybridized carbons (Fsp3) is 0.556. The quantitative estimate of drug-likeness (QED) is 0.586. The number of nitrogens with one attached hydrogen (secondary N) is 2. The van der Waals surface area contributed by atoms with Gasteiger partial charge in [0.2, 0.25) is 5.91 Å². The number of thioether (sulfide) groups is 1. The Morgan fingerprint density at radius 2 is 2.04 bits per heavy atom. The van der Waals surface area contributed by atoms with E-state index in [0.717, 1.165) is 35.9 Å². The van der Waals surface area contributed by atoms with E-state index < -0.39 is 11.9 Å². The Morgan fingerprint density at radius 3 is 2.74 bits per heavy atom. The Kier molecular flexibility index (Phi) is 6.21. The number of hydrogen-bond donors (Lipinski definition) is 2. The van der Waals surface area contributed by atoms with E-state index in [2.05, 4.69) is 15.6 Å². The van der Waals surface area contributed by atoms with Crippen LogP contribution in [0.5, 0.6) is 0 Å². The Morgan fingerprint density at radius 1 is 1.30 bits per heavy atom. The van der Waals surface area contributed by atoms with E-state index in [0.29, 0.717) is 11.7 Å². The second kappa shape index (κ2) is 8.43. The minimum Gasteiger partial charge on any atom is -0.336 e. The van der Waals surface area contributed by atoms with Gasteiger partial charge in [-0.25, -0.2) is 9.78 Å². The zero-order valence-electron chi connectivity index (χ0n) is 15.8. The number of nitrogens with zero attached hydrogens (tertiary/aromatic N) is 2. The Bertz CT molecular complexity index is 933. The van der Waals surface area contributed by atoms with Crippen LogP contribution in [0.25, 0.3) is 10.2 Å². The first-order chi connectivity index (χ1) is 12.9. The van der Waals surface area contributed by atoms with Gasteiger partial charge in [0.25, 0.3) is 5.56 Å². The summed E-state index contributed by atoms with van der Waals surface area (Å²) < 4.78 is 1.62. The summed E-state index contributed by atoms with van der Waals surface area (Å²) in [6.07, 6.45) is 4.22. The molecule has 1 aliphatic carbocycles. The van der Waals surface area contributed by atoms with Crippen LogP contribution in [0.4, 0.5) is 4.79 Å². The number of hydrogen-bond acceptors (Lipinski definition) is 6. The van der Waals surface area contributed by atoms with Crippen LogP contribution in [0.1, 0.15) is 44.1 Å². The Hall–Kier alpha value is -1.87. The van der Waals surface area contributed by atoms with Crippen molar-refractivity contribution in [2.75, 3.05) is 5.75 Å². The van der Waals surface area contributed by atoms with Crippen LogP contribution in [-0.2, 0) is 24.2 Å². The van der Waals surface area contributed by atoms with Gasteiger partial charge in [-0.2, -0.15) is 0 Å². The number of imide groups is 1. The summed E-state index contributed by atoms with van der Waals surface area (Å²) in [7, 11) is 0. The average molecular weight is 409 g/mol. The molecule has 0 radical (unpaired) electrons. The maximum Gasteiger partial charge on any atom is 0.321 e. The van der Waals surface area contributed by atoms with Crippen molar-refractivity contribution < 1.29 is 9.59 Å². The van der Waals surface area contributed by atoms with E-state index in [9.17, 15) is 14.4 Å². The van der Waals surface area contributed by atoms with E-state index in [1.54, 1.807) is 15.9 Å². The molecule has 2 N–H and O–H groups in total. The molecule has 0 unspecified atom stereocenters. The highest BCUT2D eigenvalue weighted by Gasteiger charge is 2.22. The predicted molar refractivity (Wildman–Crippen MR) is 109 cm³/mol. The normalized spacial score (nSPS) is 13.6. The van der Waals surface area contributed by atoms with Crippen molar-refractivity contribution in [1.82, 2.24) is 20.2 Å². The third kappa shape index (κ3) is 4.35. The smallest absolute Gasteiger partial charge is 0.321 e. The van der Waals surface area contributed by atoms with E-state index in [1.807, 2.05) is 20.8 Å². The number of carbonyl (C=O) groups excluding carboxylic acids is 2. The first kappa shape index (κ1) is 19.9. The highest BCUT2D eigenvalue weighted by Crippen LogP contribution is 2.34. The van der Waals surface area contributed by atoms with E-state index >= 15 is 0 Å². The van der Waals surface area contributed by atoms with Gasteiger partial charge in [0.15, 0.2) is 5.16 Å².